The van der Waals surface area contributed by atoms with E-state index in [0.717, 1.165) is 0 Å². The standard InChI is InChI=1S/C12H18N2O3S/c1-8-10(13)6-5-7-11(8)18(16,17)9(2)12(15)14(3)4/h5-7,9H,13H2,1-4H3. The zero-order valence-corrected chi connectivity index (χ0v) is 11.8. The summed E-state index contributed by atoms with van der Waals surface area (Å²) in [6, 6.07) is 4.68. The second-order valence-electron chi connectivity index (χ2n) is 4.39. The first-order chi connectivity index (χ1) is 8.19. The number of hydrogen-bond donors (Lipinski definition) is 1. The van der Waals surface area contributed by atoms with Gasteiger partial charge in [0.25, 0.3) is 0 Å². The van der Waals surface area contributed by atoms with Gasteiger partial charge in [-0.05, 0) is 31.5 Å². The van der Waals surface area contributed by atoms with Crippen molar-refractivity contribution in [3.05, 3.63) is 23.8 Å². The van der Waals surface area contributed by atoms with Crippen molar-refractivity contribution < 1.29 is 13.2 Å². The fourth-order valence-corrected chi connectivity index (χ4v) is 3.30. The van der Waals surface area contributed by atoms with Crippen molar-refractivity contribution in [3.63, 3.8) is 0 Å². The third-order valence-electron chi connectivity index (χ3n) is 2.89. The first-order valence-electron chi connectivity index (χ1n) is 5.49. The van der Waals surface area contributed by atoms with Crippen LogP contribution in [0.5, 0.6) is 0 Å². The maximum absolute atomic E-state index is 12.3. The van der Waals surface area contributed by atoms with Gasteiger partial charge in [-0.15, -0.1) is 0 Å². The summed E-state index contributed by atoms with van der Waals surface area (Å²) in [4.78, 5) is 13.2. The van der Waals surface area contributed by atoms with Crippen LogP contribution in [0.3, 0.4) is 0 Å². The highest BCUT2D eigenvalue weighted by Gasteiger charge is 2.32. The van der Waals surface area contributed by atoms with Gasteiger partial charge in [0, 0.05) is 19.8 Å². The van der Waals surface area contributed by atoms with Gasteiger partial charge in [-0.3, -0.25) is 4.79 Å². The van der Waals surface area contributed by atoms with Crippen LogP contribution in [0.4, 0.5) is 5.69 Å². The Morgan fingerprint density at radius 1 is 1.33 bits per heavy atom. The normalized spacial score (nSPS) is 13.1. The number of nitrogens with two attached hydrogens (primary N) is 1. The molecule has 0 fully saturated rings. The van der Waals surface area contributed by atoms with Gasteiger partial charge in [0.1, 0.15) is 5.25 Å². The molecule has 0 radical (unpaired) electrons. The average molecular weight is 270 g/mol. The summed E-state index contributed by atoms with van der Waals surface area (Å²) in [6.45, 7) is 3.02. The highest BCUT2D eigenvalue weighted by atomic mass is 32.2. The molecule has 0 saturated heterocycles. The Morgan fingerprint density at radius 2 is 1.89 bits per heavy atom. The molecule has 0 aliphatic carbocycles. The molecule has 100 valence electrons. The Labute approximate surface area is 108 Å². The Morgan fingerprint density at radius 3 is 2.39 bits per heavy atom. The summed E-state index contributed by atoms with van der Waals surface area (Å²) in [7, 11) is -0.651. The van der Waals surface area contributed by atoms with Gasteiger partial charge < -0.3 is 10.6 Å². The summed E-state index contributed by atoms with van der Waals surface area (Å²) < 4.78 is 24.7. The quantitative estimate of drug-likeness (QED) is 0.825. The summed E-state index contributed by atoms with van der Waals surface area (Å²) in [5.41, 5.74) is 6.58. The lowest BCUT2D eigenvalue weighted by Crippen LogP contribution is -2.37. The fourth-order valence-electron chi connectivity index (χ4n) is 1.63. The molecular formula is C12H18N2O3S. The molecule has 2 N–H and O–H groups in total. The van der Waals surface area contributed by atoms with E-state index in [1.54, 1.807) is 19.1 Å². The van der Waals surface area contributed by atoms with Crippen molar-refractivity contribution >= 4 is 21.4 Å². The van der Waals surface area contributed by atoms with Crippen LogP contribution in [0.25, 0.3) is 0 Å². The number of benzene rings is 1. The van der Waals surface area contributed by atoms with Crippen molar-refractivity contribution in [2.75, 3.05) is 19.8 Å². The van der Waals surface area contributed by atoms with E-state index < -0.39 is 21.0 Å². The molecule has 6 heteroatoms. The molecule has 1 rings (SSSR count). The fraction of sp³-hybridized carbons (Fsp3) is 0.417. The highest BCUT2D eigenvalue weighted by molar-refractivity contribution is 7.92. The van der Waals surface area contributed by atoms with Crippen molar-refractivity contribution in [1.82, 2.24) is 4.90 Å². The molecule has 0 bridgehead atoms. The van der Waals surface area contributed by atoms with Gasteiger partial charge in [-0.1, -0.05) is 6.07 Å². The van der Waals surface area contributed by atoms with E-state index in [4.69, 9.17) is 5.73 Å². The second-order valence-corrected chi connectivity index (χ2v) is 6.63. The largest absolute Gasteiger partial charge is 0.398 e. The smallest absolute Gasteiger partial charge is 0.240 e. The zero-order valence-electron chi connectivity index (χ0n) is 11.0. The SMILES string of the molecule is Cc1c(N)cccc1S(=O)(=O)C(C)C(=O)N(C)C. The van der Waals surface area contributed by atoms with Crippen LogP contribution in [-0.4, -0.2) is 38.6 Å². The predicted octanol–water partition coefficient (Wildman–Crippen LogP) is 0.828. The number of anilines is 1. The lowest BCUT2D eigenvalue weighted by atomic mass is 10.2. The Bertz CT molecular complexity index is 565. The minimum absolute atomic E-state index is 0.116. The average Bonchev–Trinajstić information content (AvgIpc) is 2.30. The summed E-state index contributed by atoms with van der Waals surface area (Å²) >= 11 is 0. The molecule has 18 heavy (non-hydrogen) atoms. The lowest BCUT2D eigenvalue weighted by molar-refractivity contribution is -0.127. The summed E-state index contributed by atoms with van der Waals surface area (Å²) in [5, 5.41) is -1.12. The third kappa shape index (κ3) is 2.48. The molecule has 1 unspecified atom stereocenters. The van der Waals surface area contributed by atoms with Crippen LogP contribution < -0.4 is 5.73 Å². The van der Waals surface area contributed by atoms with Crippen molar-refractivity contribution in [1.29, 1.82) is 0 Å². The zero-order chi connectivity index (χ0) is 14.1. The van der Waals surface area contributed by atoms with E-state index in [9.17, 15) is 13.2 Å². The number of sulfone groups is 1. The number of carbonyl (C=O) groups is 1. The molecule has 0 aromatic heterocycles. The van der Waals surface area contributed by atoms with Crippen LogP contribution in [0.15, 0.2) is 23.1 Å². The third-order valence-corrected chi connectivity index (χ3v) is 5.07. The molecule has 1 atom stereocenters. The number of nitrogens with zero attached hydrogens (tertiary/aromatic N) is 1. The first kappa shape index (κ1) is 14.5. The van der Waals surface area contributed by atoms with Crippen LogP contribution in [-0.2, 0) is 14.6 Å². The van der Waals surface area contributed by atoms with Crippen molar-refractivity contribution in [3.8, 4) is 0 Å². The summed E-state index contributed by atoms with van der Waals surface area (Å²) in [5.74, 6) is -0.447. The number of rotatable bonds is 3. The molecule has 5 nitrogen and oxygen atoms in total. The monoisotopic (exact) mass is 270 g/mol. The molecule has 1 aromatic carbocycles. The van der Waals surface area contributed by atoms with Crippen molar-refractivity contribution in [2.24, 2.45) is 0 Å². The van der Waals surface area contributed by atoms with E-state index in [0.29, 0.717) is 11.3 Å². The van der Waals surface area contributed by atoms with Crippen molar-refractivity contribution in [2.45, 2.75) is 24.0 Å². The van der Waals surface area contributed by atoms with E-state index in [-0.39, 0.29) is 4.90 Å². The number of nitrogen functional groups attached to an aromatic ring is 1. The molecule has 1 aromatic rings. The van der Waals surface area contributed by atoms with Gasteiger partial charge in [0.2, 0.25) is 5.91 Å². The van der Waals surface area contributed by atoms with E-state index in [2.05, 4.69) is 0 Å². The van der Waals surface area contributed by atoms with E-state index in [1.807, 2.05) is 0 Å². The molecule has 0 heterocycles. The van der Waals surface area contributed by atoms with E-state index in [1.165, 1.54) is 32.0 Å². The first-order valence-corrected chi connectivity index (χ1v) is 7.04. The Balaban J connectivity index is 3.31. The summed E-state index contributed by atoms with van der Waals surface area (Å²) in [6.07, 6.45) is 0. The van der Waals surface area contributed by atoms with Gasteiger partial charge in [0.15, 0.2) is 9.84 Å². The molecule has 0 aliphatic heterocycles. The Kier molecular flexibility index (Phi) is 4.01. The topological polar surface area (TPSA) is 80.5 Å². The van der Waals surface area contributed by atoms with Gasteiger partial charge in [-0.25, -0.2) is 8.42 Å². The molecule has 1 amide bonds. The second kappa shape index (κ2) is 4.97. The van der Waals surface area contributed by atoms with Gasteiger partial charge in [-0.2, -0.15) is 0 Å². The molecule has 0 spiro atoms. The van der Waals surface area contributed by atoms with Crippen LogP contribution >= 0.6 is 0 Å². The molecule has 0 saturated carbocycles. The molecule has 0 aliphatic rings. The molecular weight excluding hydrogens is 252 g/mol. The number of amides is 1. The van der Waals surface area contributed by atoms with Crippen LogP contribution in [0.1, 0.15) is 12.5 Å². The van der Waals surface area contributed by atoms with E-state index >= 15 is 0 Å². The van der Waals surface area contributed by atoms with Crippen LogP contribution in [0.2, 0.25) is 0 Å². The predicted molar refractivity (Wildman–Crippen MR) is 70.9 cm³/mol. The number of hydrogen-bond acceptors (Lipinski definition) is 4. The maximum atomic E-state index is 12.3. The maximum Gasteiger partial charge on any atom is 0.240 e. The van der Waals surface area contributed by atoms with Crippen LogP contribution in [0, 0.1) is 6.92 Å². The lowest BCUT2D eigenvalue weighted by Gasteiger charge is -2.18. The minimum Gasteiger partial charge on any atom is -0.398 e. The van der Waals surface area contributed by atoms with Gasteiger partial charge >= 0.3 is 0 Å². The highest BCUT2D eigenvalue weighted by Crippen LogP contribution is 2.24. The Hall–Kier alpha value is -1.56. The van der Waals surface area contributed by atoms with Gasteiger partial charge in [0.05, 0.1) is 4.90 Å². The number of carbonyl (C=O) groups excluding carboxylic acids is 1. The minimum atomic E-state index is -3.71.